The Balaban J connectivity index is 2.27. The maximum absolute atomic E-state index is 14.0. The van der Waals surface area contributed by atoms with E-state index in [2.05, 4.69) is 0 Å². The summed E-state index contributed by atoms with van der Waals surface area (Å²) in [5.41, 5.74) is 8.29. The minimum Gasteiger partial charge on any atom is -0.399 e. The predicted molar refractivity (Wildman–Crippen MR) is 78.7 cm³/mol. The van der Waals surface area contributed by atoms with Gasteiger partial charge in [-0.15, -0.1) is 0 Å². The van der Waals surface area contributed by atoms with Gasteiger partial charge in [-0.3, -0.25) is 0 Å². The van der Waals surface area contributed by atoms with Crippen molar-refractivity contribution in [1.82, 2.24) is 0 Å². The Morgan fingerprint density at radius 1 is 1.25 bits per heavy atom. The maximum Gasteiger partial charge on any atom is 0.147 e. The Labute approximate surface area is 118 Å². The fourth-order valence-electron chi connectivity index (χ4n) is 2.11. The zero-order valence-corrected chi connectivity index (χ0v) is 11.3. The van der Waals surface area contributed by atoms with Gasteiger partial charge < -0.3 is 10.6 Å². The zero-order chi connectivity index (χ0) is 14.5. The Morgan fingerprint density at radius 2 is 2.05 bits per heavy atom. The fraction of sp³-hybridized carbons (Fsp3) is 0.188. The first-order valence-electron chi connectivity index (χ1n) is 6.43. The Bertz CT molecular complexity index is 646. The van der Waals surface area contributed by atoms with Crippen molar-refractivity contribution in [2.45, 2.75) is 13.5 Å². The highest BCUT2D eigenvalue weighted by Gasteiger charge is 2.11. The molecule has 0 aliphatic carbocycles. The summed E-state index contributed by atoms with van der Waals surface area (Å²) in [6.45, 7) is 3.20. The molecule has 20 heavy (non-hydrogen) atoms. The van der Waals surface area contributed by atoms with Crippen LogP contribution in [0, 0.1) is 17.1 Å². The summed E-state index contributed by atoms with van der Waals surface area (Å²) < 4.78 is 14.0. The van der Waals surface area contributed by atoms with Crippen molar-refractivity contribution in [2.75, 3.05) is 17.2 Å². The third-order valence-corrected chi connectivity index (χ3v) is 3.12. The molecule has 0 fully saturated rings. The van der Waals surface area contributed by atoms with Crippen LogP contribution < -0.4 is 10.6 Å². The molecular formula is C16H16FN3. The summed E-state index contributed by atoms with van der Waals surface area (Å²) >= 11 is 0. The van der Waals surface area contributed by atoms with Crippen molar-refractivity contribution in [3.63, 3.8) is 0 Å². The van der Waals surface area contributed by atoms with Crippen molar-refractivity contribution in [2.24, 2.45) is 0 Å². The number of anilines is 2. The van der Waals surface area contributed by atoms with Crippen molar-refractivity contribution < 1.29 is 4.39 Å². The molecule has 0 radical (unpaired) electrons. The molecule has 0 heterocycles. The van der Waals surface area contributed by atoms with Gasteiger partial charge >= 0.3 is 0 Å². The molecule has 2 N–H and O–H groups in total. The molecule has 3 nitrogen and oxygen atoms in total. The number of nitrogens with two attached hydrogens (primary N) is 1. The molecule has 2 rings (SSSR count). The monoisotopic (exact) mass is 269 g/mol. The Kier molecular flexibility index (Phi) is 4.21. The molecule has 0 aliphatic heterocycles. The van der Waals surface area contributed by atoms with E-state index in [1.807, 2.05) is 42.2 Å². The summed E-state index contributed by atoms with van der Waals surface area (Å²) in [4.78, 5) is 1.91. The fourth-order valence-corrected chi connectivity index (χ4v) is 2.11. The molecule has 0 unspecified atom stereocenters. The zero-order valence-electron chi connectivity index (χ0n) is 11.3. The lowest BCUT2D eigenvalue weighted by molar-refractivity contribution is 0.617. The van der Waals surface area contributed by atoms with E-state index in [1.165, 1.54) is 6.07 Å². The minimum absolute atomic E-state index is 0.325. The van der Waals surface area contributed by atoms with Gasteiger partial charge in [0.1, 0.15) is 5.82 Å². The first-order chi connectivity index (χ1) is 9.63. The number of hydrogen-bond donors (Lipinski definition) is 1. The van der Waals surface area contributed by atoms with Gasteiger partial charge in [0.15, 0.2) is 0 Å². The second kappa shape index (κ2) is 6.07. The molecule has 0 aliphatic rings. The van der Waals surface area contributed by atoms with E-state index in [1.54, 1.807) is 12.1 Å². The van der Waals surface area contributed by atoms with Gasteiger partial charge in [-0.05, 0) is 42.8 Å². The van der Waals surface area contributed by atoms with E-state index in [4.69, 9.17) is 11.0 Å². The lowest BCUT2D eigenvalue weighted by Crippen LogP contribution is -2.23. The van der Waals surface area contributed by atoms with Crippen LogP contribution in [0.15, 0.2) is 42.5 Å². The van der Waals surface area contributed by atoms with Crippen molar-refractivity contribution in [1.29, 1.82) is 5.26 Å². The van der Waals surface area contributed by atoms with Crippen LogP contribution in [0.1, 0.15) is 18.1 Å². The third-order valence-electron chi connectivity index (χ3n) is 3.12. The molecule has 0 atom stereocenters. The second-order valence-electron chi connectivity index (χ2n) is 4.54. The molecule has 2 aromatic rings. The Hall–Kier alpha value is -2.54. The average Bonchev–Trinajstić information content (AvgIpc) is 2.45. The number of nitriles is 1. The summed E-state index contributed by atoms with van der Waals surface area (Å²) in [6, 6.07) is 14.0. The first-order valence-corrected chi connectivity index (χ1v) is 6.43. The number of benzene rings is 2. The highest BCUT2D eigenvalue weighted by atomic mass is 19.1. The van der Waals surface area contributed by atoms with Gasteiger partial charge in [-0.2, -0.15) is 5.26 Å². The number of hydrogen-bond acceptors (Lipinski definition) is 3. The molecular weight excluding hydrogens is 253 g/mol. The number of nitrogens with zero attached hydrogens (tertiary/aromatic N) is 2. The minimum atomic E-state index is -0.380. The van der Waals surface area contributed by atoms with Crippen LogP contribution in [0.5, 0.6) is 0 Å². The van der Waals surface area contributed by atoms with Gasteiger partial charge in [0, 0.05) is 18.8 Å². The topological polar surface area (TPSA) is 53.0 Å². The third kappa shape index (κ3) is 3.07. The number of nitrogen functional groups attached to an aromatic ring is 1. The van der Waals surface area contributed by atoms with Gasteiger partial charge in [-0.25, -0.2) is 4.39 Å². The predicted octanol–water partition coefficient (Wildman–Crippen LogP) is 3.31. The molecule has 0 aromatic heterocycles. The van der Waals surface area contributed by atoms with Crippen LogP contribution in [-0.2, 0) is 6.54 Å². The van der Waals surface area contributed by atoms with Crippen LogP contribution in [-0.4, -0.2) is 6.54 Å². The summed E-state index contributed by atoms with van der Waals surface area (Å²) in [6.07, 6.45) is 0. The smallest absolute Gasteiger partial charge is 0.147 e. The van der Waals surface area contributed by atoms with E-state index in [-0.39, 0.29) is 5.82 Å². The van der Waals surface area contributed by atoms with E-state index >= 15 is 0 Å². The highest BCUT2D eigenvalue weighted by Crippen LogP contribution is 2.22. The molecule has 102 valence electrons. The quantitative estimate of drug-likeness (QED) is 0.866. The van der Waals surface area contributed by atoms with Crippen LogP contribution in [0.25, 0.3) is 0 Å². The normalized spacial score (nSPS) is 10.1. The Morgan fingerprint density at radius 3 is 2.65 bits per heavy atom. The lowest BCUT2D eigenvalue weighted by Gasteiger charge is -2.24. The molecule has 0 saturated heterocycles. The largest absolute Gasteiger partial charge is 0.399 e. The van der Waals surface area contributed by atoms with Crippen molar-refractivity contribution in [3.05, 3.63) is 59.4 Å². The van der Waals surface area contributed by atoms with E-state index in [0.29, 0.717) is 30.0 Å². The SMILES string of the molecule is CCN(Cc1cccc(N)c1)c1ccc(C#N)cc1F. The maximum atomic E-state index is 14.0. The average molecular weight is 269 g/mol. The second-order valence-corrected chi connectivity index (χ2v) is 4.54. The molecule has 0 amide bonds. The molecule has 0 saturated carbocycles. The van der Waals surface area contributed by atoms with Crippen LogP contribution in [0.2, 0.25) is 0 Å². The molecule has 0 spiro atoms. The van der Waals surface area contributed by atoms with E-state index in [9.17, 15) is 4.39 Å². The number of halogens is 1. The molecule has 0 bridgehead atoms. The van der Waals surface area contributed by atoms with Gasteiger partial charge in [-0.1, -0.05) is 12.1 Å². The molecule has 2 aromatic carbocycles. The van der Waals surface area contributed by atoms with Crippen molar-refractivity contribution in [3.8, 4) is 6.07 Å². The van der Waals surface area contributed by atoms with Crippen LogP contribution in [0.4, 0.5) is 15.8 Å². The highest BCUT2D eigenvalue weighted by molar-refractivity contribution is 5.52. The summed E-state index contributed by atoms with van der Waals surface area (Å²) in [5.74, 6) is -0.380. The van der Waals surface area contributed by atoms with Gasteiger partial charge in [0.2, 0.25) is 0 Å². The summed E-state index contributed by atoms with van der Waals surface area (Å²) in [7, 11) is 0. The molecule has 4 heteroatoms. The van der Waals surface area contributed by atoms with Gasteiger partial charge in [0.25, 0.3) is 0 Å². The summed E-state index contributed by atoms with van der Waals surface area (Å²) in [5, 5.41) is 8.77. The van der Waals surface area contributed by atoms with E-state index in [0.717, 1.165) is 5.56 Å². The van der Waals surface area contributed by atoms with Crippen molar-refractivity contribution >= 4 is 11.4 Å². The van der Waals surface area contributed by atoms with Crippen LogP contribution in [0.3, 0.4) is 0 Å². The first kappa shape index (κ1) is 13.9. The van der Waals surface area contributed by atoms with Gasteiger partial charge in [0.05, 0.1) is 17.3 Å². The van der Waals surface area contributed by atoms with E-state index < -0.39 is 0 Å². The van der Waals surface area contributed by atoms with Crippen LogP contribution >= 0.6 is 0 Å². The number of rotatable bonds is 4. The lowest BCUT2D eigenvalue weighted by atomic mass is 10.1. The standard InChI is InChI=1S/C16H16FN3/c1-2-20(11-13-4-3-5-14(19)8-13)16-7-6-12(10-18)9-15(16)17/h3-9H,2,11,19H2,1H3.